The molecule has 0 aliphatic rings. The number of halogens is 1. The van der Waals surface area contributed by atoms with Crippen molar-refractivity contribution in [2.45, 2.75) is 27.7 Å². The second-order valence-corrected chi connectivity index (χ2v) is 5.09. The van der Waals surface area contributed by atoms with Crippen LogP contribution in [0.3, 0.4) is 0 Å². The van der Waals surface area contributed by atoms with Gasteiger partial charge in [0.1, 0.15) is 5.82 Å². The lowest BCUT2D eigenvalue weighted by atomic mass is 9.94. The third-order valence-corrected chi connectivity index (χ3v) is 3.29. The molecule has 19 heavy (non-hydrogen) atoms. The number of carbonyl (C=O) groups excluding carboxylic acids is 1. The van der Waals surface area contributed by atoms with E-state index in [0.717, 1.165) is 16.7 Å². The first-order valence-corrected chi connectivity index (χ1v) is 6.29. The van der Waals surface area contributed by atoms with Crippen molar-refractivity contribution in [1.29, 1.82) is 0 Å². The third kappa shape index (κ3) is 2.58. The molecule has 0 radical (unpaired) electrons. The summed E-state index contributed by atoms with van der Waals surface area (Å²) in [6, 6.07) is 8.83. The molecule has 98 valence electrons. The van der Waals surface area contributed by atoms with Crippen LogP contribution in [0.5, 0.6) is 0 Å². The van der Waals surface area contributed by atoms with E-state index in [0.29, 0.717) is 11.1 Å². The van der Waals surface area contributed by atoms with Gasteiger partial charge in [0.15, 0.2) is 5.78 Å². The van der Waals surface area contributed by atoms with Crippen LogP contribution >= 0.6 is 0 Å². The lowest BCUT2D eigenvalue weighted by molar-refractivity contribution is 0.103. The largest absolute Gasteiger partial charge is 0.288 e. The number of carbonyl (C=O) groups is 1. The van der Waals surface area contributed by atoms with Gasteiger partial charge in [-0.2, -0.15) is 0 Å². The lowest BCUT2D eigenvalue weighted by Gasteiger charge is -2.10. The smallest absolute Gasteiger partial charge is 0.196 e. The van der Waals surface area contributed by atoms with Gasteiger partial charge in [-0.25, -0.2) is 4.39 Å². The van der Waals surface area contributed by atoms with Crippen molar-refractivity contribution in [2.24, 2.45) is 0 Å². The number of ketones is 1. The van der Waals surface area contributed by atoms with E-state index in [-0.39, 0.29) is 11.3 Å². The highest BCUT2D eigenvalue weighted by atomic mass is 19.1. The number of hydrogen-bond donors (Lipinski definition) is 0. The fourth-order valence-corrected chi connectivity index (χ4v) is 2.41. The van der Waals surface area contributed by atoms with Gasteiger partial charge in [-0.05, 0) is 50.5 Å². The molecule has 0 aromatic heterocycles. The van der Waals surface area contributed by atoms with Gasteiger partial charge in [0.05, 0.1) is 5.56 Å². The summed E-state index contributed by atoms with van der Waals surface area (Å²) in [4.78, 5) is 12.5. The minimum Gasteiger partial charge on any atom is -0.288 e. The summed E-state index contributed by atoms with van der Waals surface area (Å²) >= 11 is 0. The molecule has 2 aromatic rings. The first-order valence-electron chi connectivity index (χ1n) is 6.29. The molecule has 0 saturated heterocycles. The van der Waals surface area contributed by atoms with Crippen molar-refractivity contribution in [3.05, 3.63) is 69.5 Å². The average Bonchev–Trinajstić information content (AvgIpc) is 2.26. The van der Waals surface area contributed by atoms with Crippen LogP contribution in [0.2, 0.25) is 0 Å². The van der Waals surface area contributed by atoms with Gasteiger partial charge < -0.3 is 0 Å². The molecule has 2 heteroatoms. The van der Waals surface area contributed by atoms with Gasteiger partial charge in [-0.15, -0.1) is 0 Å². The summed E-state index contributed by atoms with van der Waals surface area (Å²) in [6.07, 6.45) is 0. The molecule has 0 fully saturated rings. The summed E-state index contributed by atoms with van der Waals surface area (Å²) in [6.45, 7) is 7.44. The van der Waals surface area contributed by atoms with E-state index in [1.165, 1.54) is 6.07 Å². The van der Waals surface area contributed by atoms with Gasteiger partial charge in [0.2, 0.25) is 0 Å². The monoisotopic (exact) mass is 256 g/mol. The maximum Gasteiger partial charge on any atom is 0.196 e. The van der Waals surface area contributed by atoms with Crippen molar-refractivity contribution in [3.8, 4) is 0 Å². The van der Waals surface area contributed by atoms with Crippen LogP contribution in [0.15, 0.2) is 30.3 Å². The third-order valence-electron chi connectivity index (χ3n) is 3.29. The molecule has 0 aliphatic heterocycles. The fourth-order valence-electron chi connectivity index (χ4n) is 2.41. The van der Waals surface area contributed by atoms with E-state index in [1.807, 2.05) is 39.0 Å². The molecular formula is C17H17FO. The highest BCUT2D eigenvalue weighted by molar-refractivity contribution is 6.11. The zero-order valence-electron chi connectivity index (χ0n) is 11.7. The second kappa shape index (κ2) is 4.96. The van der Waals surface area contributed by atoms with Crippen molar-refractivity contribution < 1.29 is 9.18 Å². The predicted molar refractivity (Wildman–Crippen MR) is 75.2 cm³/mol. The summed E-state index contributed by atoms with van der Waals surface area (Å²) < 4.78 is 14.0. The molecule has 1 nitrogen and oxygen atoms in total. The van der Waals surface area contributed by atoms with Gasteiger partial charge >= 0.3 is 0 Å². The summed E-state index contributed by atoms with van der Waals surface area (Å²) in [7, 11) is 0. The van der Waals surface area contributed by atoms with Crippen molar-refractivity contribution in [3.63, 3.8) is 0 Å². The fraction of sp³-hybridized carbons (Fsp3) is 0.235. The molecule has 0 aliphatic carbocycles. The van der Waals surface area contributed by atoms with E-state index in [2.05, 4.69) is 0 Å². The maximum atomic E-state index is 14.0. The molecule has 2 rings (SSSR count). The van der Waals surface area contributed by atoms with Gasteiger partial charge in [0.25, 0.3) is 0 Å². The van der Waals surface area contributed by atoms with Gasteiger partial charge in [-0.1, -0.05) is 29.8 Å². The Bertz CT molecular complexity index is 633. The van der Waals surface area contributed by atoms with Gasteiger partial charge in [0, 0.05) is 5.56 Å². The minimum absolute atomic E-state index is 0.178. The first-order chi connectivity index (χ1) is 8.90. The number of aryl methyl sites for hydroxylation is 4. The van der Waals surface area contributed by atoms with E-state index < -0.39 is 5.82 Å². The first kappa shape index (κ1) is 13.5. The number of hydrogen-bond acceptors (Lipinski definition) is 1. The van der Waals surface area contributed by atoms with Crippen LogP contribution < -0.4 is 0 Å². The highest BCUT2D eigenvalue weighted by Gasteiger charge is 2.18. The van der Waals surface area contributed by atoms with Crippen LogP contribution in [0.4, 0.5) is 4.39 Å². The molecular weight excluding hydrogens is 239 g/mol. The Balaban J connectivity index is 2.56. The topological polar surface area (TPSA) is 17.1 Å². The Kier molecular flexibility index (Phi) is 3.52. The van der Waals surface area contributed by atoms with Crippen LogP contribution in [0, 0.1) is 33.5 Å². The summed E-state index contributed by atoms with van der Waals surface area (Å²) in [5, 5.41) is 0. The van der Waals surface area contributed by atoms with Crippen molar-refractivity contribution in [1.82, 2.24) is 0 Å². The molecule has 0 unspecified atom stereocenters. The number of rotatable bonds is 2. The van der Waals surface area contributed by atoms with E-state index in [9.17, 15) is 9.18 Å². The summed E-state index contributed by atoms with van der Waals surface area (Å²) in [5.41, 5.74) is 4.23. The molecule has 0 bridgehead atoms. The molecule has 0 N–H and O–H groups in total. The van der Waals surface area contributed by atoms with Crippen LogP contribution in [0.1, 0.15) is 38.2 Å². The normalized spacial score (nSPS) is 10.6. The Morgan fingerprint density at radius 3 is 2.11 bits per heavy atom. The van der Waals surface area contributed by atoms with Crippen molar-refractivity contribution >= 4 is 5.78 Å². The van der Waals surface area contributed by atoms with E-state index in [4.69, 9.17) is 0 Å². The quantitative estimate of drug-likeness (QED) is 0.732. The minimum atomic E-state index is -0.442. The molecule has 0 heterocycles. The average molecular weight is 256 g/mol. The predicted octanol–water partition coefficient (Wildman–Crippen LogP) is 4.29. The Morgan fingerprint density at radius 2 is 1.53 bits per heavy atom. The standard InChI is InChI=1S/C17H17FO/c1-10-5-6-14(12(3)7-10)17(19)16-13(4)8-11(2)9-15(16)18/h5-9H,1-4H3. The summed E-state index contributed by atoms with van der Waals surface area (Å²) in [5.74, 6) is -0.685. The lowest BCUT2D eigenvalue weighted by Crippen LogP contribution is -2.09. The SMILES string of the molecule is Cc1ccc(C(=O)c2c(C)cc(C)cc2F)c(C)c1. The van der Waals surface area contributed by atoms with E-state index in [1.54, 1.807) is 13.0 Å². The van der Waals surface area contributed by atoms with E-state index >= 15 is 0 Å². The second-order valence-electron chi connectivity index (χ2n) is 5.09. The highest BCUT2D eigenvalue weighted by Crippen LogP contribution is 2.22. The van der Waals surface area contributed by atoms with Crippen LogP contribution in [0.25, 0.3) is 0 Å². The van der Waals surface area contributed by atoms with Crippen LogP contribution in [-0.4, -0.2) is 5.78 Å². The van der Waals surface area contributed by atoms with Gasteiger partial charge in [-0.3, -0.25) is 4.79 Å². The molecule has 0 atom stereocenters. The maximum absolute atomic E-state index is 14.0. The zero-order valence-corrected chi connectivity index (χ0v) is 11.7. The van der Waals surface area contributed by atoms with Crippen LogP contribution in [-0.2, 0) is 0 Å². The molecule has 0 spiro atoms. The number of benzene rings is 2. The zero-order chi connectivity index (χ0) is 14.2. The molecule has 0 amide bonds. The molecule has 2 aromatic carbocycles. The Morgan fingerprint density at radius 1 is 0.895 bits per heavy atom. The van der Waals surface area contributed by atoms with Crippen molar-refractivity contribution in [2.75, 3.05) is 0 Å². The Labute approximate surface area is 113 Å². The molecule has 0 saturated carbocycles. The Hall–Kier alpha value is -1.96.